The summed E-state index contributed by atoms with van der Waals surface area (Å²) in [6.07, 6.45) is 0. The zero-order valence-electron chi connectivity index (χ0n) is 19.0. The molecule has 0 atom stereocenters. The number of aromatic carboxylic acids is 1. The van der Waals surface area contributed by atoms with Gasteiger partial charge in [-0.05, 0) is 73.5 Å². The number of hydrogen-bond acceptors (Lipinski definition) is 6. The molecule has 7 nitrogen and oxygen atoms in total. The van der Waals surface area contributed by atoms with Crippen molar-refractivity contribution in [2.45, 2.75) is 27.1 Å². The Morgan fingerprint density at radius 2 is 1.83 bits per heavy atom. The number of aryl methyl sites for hydroxylation is 2. The Balaban J connectivity index is 1.64. The van der Waals surface area contributed by atoms with Crippen LogP contribution in [0.15, 0.2) is 57.7 Å². The van der Waals surface area contributed by atoms with Crippen LogP contribution < -0.4 is 14.9 Å². The van der Waals surface area contributed by atoms with Gasteiger partial charge in [0, 0.05) is 21.7 Å². The molecule has 178 valence electrons. The Morgan fingerprint density at radius 1 is 1.09 bits per heavy atom. The number of carbonyl (C=O) groups is 1. The van der Waals surface area contributed by atoms with E-state index in [9.17, 15) is 14.7 Å². The standard InChI is InChI=1S/C27H21ClO7/c1-14-7-21-22(8-15(14)2)35-25(16-3-5-20(28)6-4-16)26(23(21)29)33-12-19-10-17(27(30)31)9-18-11-32-13-34-24(18)19/h3-10H,11-13H2,1-2H3,(H,30,31). The number of carboxylic acid groups (broad SMARTS) is 1. The summed E-state index contributed by atoms with van der Waals surface area (Å²) >= 11 is 6.06. The molecule has 1 aromatic heterocycles. The van der Waals surface area contributed by atoms with Gasteiger partial charge in [-0.2, -0.15) is 0 Å². The average molecular weight is 493 g/mol. The van der Waals surface area contributed by atoms with Crippen LogP contribution in [-0.2, 0) is 18.0 Å². The van der Waals surface area contributed by atoms with Gasteiger partial charge in [0.1, 0.15) is 17.9 Å². The molecule has 4 aromatic rings. The first kappa shape index (κ1) is 23.0. The largest absolute Gasteiger partial charge is 0.481 e. The summed E-state index contributed by atoms with van der Waals surface area (Å²) in [5.41, 5.74) is 3.85. The van der Waals surface area contributed by atoms with Crippen molar-refractivity contribution in [3.05, 3.63) is 91.6 Å². The molecule has 1 aliphatic rings. The van der Waals surface area contributed by atoms with E-state index in [1.54, 1.807) is 30.3 Å². The summed E-state index contributed by atoms with van der Waals surface area (Å²) in [4.78, 5) is 25.2. The minimum absolute atomic E-state index is 0.0182. The normalized spacial score (nSPS) is 12.8. The molecule has 0 unspecified atom stereocenters. The lowest BCUT2D eigenvalue weighted by molar-refractivity contribution is -0.0176. The fraction of sp³-hybridized carbons (Fsp3) is 0.185. The summed E-state index contributed by atoms with van der Waals surface area (Å²) < 4.78 is 23.2. The summed E-state index contributed by atoms with van der Waals surface area (Å²) in [5, 5.41) is 10.5. The summed E-state index contributed by atoms with van der Waals surface area (Å²) in [6, 6.07) is 13.5. The van der Waals surface area contributed by atoms with E-state index in [-0.39, 0.29) is 42.5 Å². The molecule has 0 bridgehead atoms. The minimum Gasteiger partial charge on any atom is -0.481 e. The van der Waals surface area contributed by atoms with Gasteiger partial charge >= 0.3 is 5.97 Å². The lowest BCUT2D eigenvalue weighted by Gasteiger charge is -2.21. The molecule has 1 aliphatic heterocycles. The molecular weight excluding hydrogens is 472 g/mol. The molecule has 35 heavy (non-hydrogen) atoms. The van der Waals surface area contributed by atoms with Gasteiger partial charge in [0.2, 0.25) is 11.2 Å². The minimum atomic E-state index is -1.09. The Bertz CT molecular complexity index is 1520. The van der Waals surface area contributed by atoms with Crippen LogP contribution in [0.2, 0.25) is 5.02 Å². The lowest BCUT2D eigenvalue weighted by Crippen LogP contribution is -2.16. The first-order valence-electron chi connectivity index (χ1n) is 10.9. The average Bonchev–Trinajstić information content (AvgIpc) is 2.85. The fourth-order valence-electron chi connectivity index (χ4n) is 4.04. The van der Waals surface area contributed by atoms with Crippen molar-refractivity contribution in [3.63, 3.8) is 0 Å². The van der Waals surface area contributed by atoms with Crippen molar-refractivity contribution in [2.75, 3.05) is 6.79 Å². The monoisotopic (exact) mass is 492 g/mol. The maximum atomic E-state index is 13.6. The zero-order chi connectivity index (χ0) is 24.7. The number of halogens is 1. The predicted molar refractivity (Wildman–Crippen MR) is 130 cm³/mol. The number of hydrogen-bond donors (Lipinski definition) is 1. The van der Waals surface area contributed by atoms with Crippen LogP contribution in [0.4, 0.5) is 0 Å². The second-order valence-corrected chi connectivity index (χ2v) is 8.79. The maximum absolute atomic E-state index is 13.6. The second kappa shape index (κ2) is 9.09. The number of benzene rings is 3. The van der Waals surface area contributed by atoms with Crippen LogP contribution in [0.1, 0.15) is 32.6 Å². The molecule has 1 N–H and O–H groups in total. The molecule has 0 radical (unpaired) electrons. The molecule has 0 aliphatic carbocycles. The SMILES string of the molecule is Cc1cc2oc(-c3ccc(Cl)cc3)c(OCc3cc(C(=O)O)cc4c3OCOC4)c(=O)c2cc1C. The highest BCUT2D eigenvalue weighted by molar-refractivity contribution is 6.30. The second-order valence-electron chi connectivity index (χ2n) is 8.36. The highest BCUT2D eigenvalue weighted by atomic mass is 35.5. The topological polar surface area (TPSA) is 95.2 Å². The van der Waals surface area contributed by atoms with E-state index in [2.05, 4.69) is 0 Å². The Morgan fingerprint density at radius 3 is 2.57 bits per heavy atom. The Kier molecular flexibility index (Phi) is 5.96. The highest BCUT2D eigenvalue weighted by Crippen LogP contribution is 2.35. The maximum Gasteiger partial charge on any atom is 0.335 e. The van der Waals surface area contributed by atoms with E-state index >= 15 is 0 Å². The van der Waals surface area contributed by atoms with E-state index in [1.807, 2.05) is 19.9 Å². The van der Waals surface area contributed by atoms with E-state index < -0.39 is 5.97 Å². The van der Waals surface area contributed by atoms with Gasteiger partial charge in [-0.25, -0.2) is 4.79 Å². The van der Waals surface area contributed by atoms with Gasteiger partial charge in [-0.3, -0.25) is 4.79 Å². The van der Waals surface area contributed by atoms with E-state index in [4.69, 9.17) is 30.2 Å². The van der Waals surface area contributed by atoms with E-state index in [0.29, 0.717) is 38.4 Å². The summed E-state index contributed by atoms with van der Waals surface area (Å²) in [7, 11) is 0. The first-order chi connectivity index (χ1) is 16.8. The quantitative estimate of drug-likeness (QED) is 0.372. The van der Waals surface area contributed by atoms with Gasteiger partial charge in [0.15, 0.2) is 12.6 Å². The van der Waals surface area contributed by atoms with Crippen LogP contribution in [-0.4, -0.2) is 17.9 Å². The van der Waals surface area contributed by atoms with Crippen LogP contribution >= 0.6 is 11.6 Å². The molecule has 0 saturated heterocycles. The zero-order valence-corrected chi connectivity index (χ0v) is 19.8. The first-order valence-corrected chi connectivity index (χ1v) is 11.3. The molecule has 0 fully saturated rings. The molecule has 5 rings (SSSR count). The molecule has 8 heteroatoms. The number of ether oxygens (including phenoxy) is 3. The fourth-order valence-corrected chi connectivity index (χ4v) is 4.16. The van der Waals surface area contributed by atoms with Gasteiger partial charge in [-0.15, -0.1) is 0 Å². The number of rotatable bonds is 5. The van der Waals surface area contributed by atoms with Crippen molar-refractivity contribution in [3.8, 4) is 22.8 Å². The van der Waals surface area contributed by atoms with Gasteiger partial charge in [0.25, 0.3) is 0 Å². The van der Waals surface area contributed by atoms with E-state index in [0.717, 1.165) is 11.1 Å². The van der Waals surface area contributed by atoms with Crippen LogP contribution in [0, 0.1) is 13.8 Å². The lowest BCUT2D eigenvalue weighted by atomic mass is 10.0. The highest BCUT2D eigenvalue weighted by Gasteiger charge is 2.22. The number of fused-ring (bicyclic) bond motifs is 2. The van der Waals surface area contributed by atoms with Crippen molar-refractivity contribution < 1.29 is 28.5 Å². The smallest absolute Gasteiger partial charge is 0.335 e. The summed E-state index contributed by atoms with van der Waals surface area (Å²) in [5.74, 6) is -0.317. The third-order valence-corrected chi connectivity index (χ3v) is 6.23. The molecule has 0 spiro atoms. The number of carboxylic acids is 1. The molecular formula is C27H21ClO7. The van der Waals surface area contributed by atoms with Crippen LogP contribution in [0.3, 0.4) is 0 Å². The van der Waals surface area contributed by atoms with Crippen molar-refractivity contribution in [2.24, 2.45) is 0 Å². The van der Waals surface area contributed by atoms with Crippen molar-refractivity contribution in [1.29, 1.82) is 0 Å². The Hall–Kier alpha value is -3.81. The van der Waals surface area contributed by atoms with Crippen molar-refractivity contribution >= 4 is 28.5 Å². The summed E-state index contributed by atoms with van der Waals surface area (Å²) in [6.45, 7) is 4.02. The third kappa shape index (κ3) is 4.36. The van der Waals surface area contributed by atoms with Gasteiger partial charge in [0.05, 0.1) is 17.6 Å². The predicted octanol–water partition coefficient (Wildman–Crippen LogP) is 5.87. The third-order valence-electron chi connectivity index (χ3n) is 5.98. The molecule has 0 amide bonds. The molecule has 2 heterocycles. The van der Waals surface area contributed by atoms with Crippen LogP contribution in [0.5, 0.6) is 11.5 Å². The van der Waals surface area contributed by atoms with Crippen molar-refractivity contribution in [1.82, 2.24) is 0 Å². The van der Waals surface area contributed by atoms with Crippen LogP contribution in [0.25, 0.3) is 22.3 Å². The van der Waals surface area contributed by atoms with Gasteiger partial charge < -0.3 is 23.7 Å². The molecule has 3 aromatic carbocycles. The molecule has 0 saturated carbocycles. The van der Waals surface area contributed by atoms with E-state index in [1.165, 1.54) is 12.1 Å². The Labute approximate surface area is 205 Å². The van der Waals surface area contributed by atoms with Gasteiger partial charge in [-0.1, -0.05) is 11.6 Å².